The molecular weight excluding hydrogens is 475 g/mol. The smallest absolute Gasteiger partial charge is 0.191 e. The van der Waals surface area contributed by atoms with Gasteiger partial charge in [-0.2, -0.15) is 0 Å². The molecule has 0 radical (unpaired) electrons. The normalized spacial score (nSPS) is 25.9. The van der Waals surface area contributed by atoms with E-state index in [0.29, 0.717) is 12.6 Å². The number of halogens is 1. The second kappa shape index (κ2) is 12.7. The number of aliphatic imine (C=N–C) groups is 1. The Morgan fingerprint density at radius 1 is 1.14 bits per heavy atom. The van der Waals surface area contributed by atoms with Gasteiger partial charge in [0, 0.05) is 25.7 Å². The Hall–Kier alpha value is -0.860. The Morgan fingerprint density at radius 2 is 1.86 bits per heavy atom. The summed E-state index contributed by atoms with van der Waals surface area (Å²) in [6, 6.07) is 9.15. The fraction of sp³-hybridized carbons (Fsp3) is 0.696. The average molecular weight is 514 g/mol. The molecule has 3 rings (SSSR count). The van der Waals surface area contributed by atoms with Crippen molar-refractivity contribution >= 4 is 29.9 Å². The highest BCUT2D eigenvalue weighted by Crippen LogP contribution is 2.20. The topological polar surface area (TPSA) is 59.9 Å². The fourth-order valence-corrected chi connectivity index (χ4v) is 4.43. The quantitative estimate of drug-likeness (QED) is 0.306. The fourth-order valence-electron chi connectivity index (χ4n) is 4.43. The highest BCUT2D eigenvalue weighted by Gasteiger charge is 2.20. The van der Waals surface area contributed by atoms with Crippen LogP contribution in [-0.4, -0.2) is 47.7 Å². The number of nitrogens with zero attached hydrogens (tertiary/aromatic N) is 2. The zero-order valence-electron chi connectivity index (χ0n) is 18.1. The van der Waals surface area contributed by atoms with Gasteiger partial charge in [0.15, 0.2) is 5.96 Å². The van der Waals surface area contributed by atoms with Crippen molar-refractivity contribution < 1.29 is 5.11 Å². The van der Waals surface area contributed by atoms with Crippen LogP contribution >= 0.6 is 24.0 Å². The van der Waals surface area contributed by atoms with Crippen LogP contribution in [0.15, 0.2) is 29.3 Å². The van der Waals surface area contributed by atoms with Crippen molar-refractivity contribution in [1.29, 1.82) is 0 Å². The summed E-state index contributed by atoms with van der Waals surface area (Å²) in [7, 11) is 0. The molecule has 2 fully saturated rings. The maximum atomic E-state index is 9.72. The van der Waals surface area contributed by atoms with Gasteiger partial charge in [-0.15, -0.1) is 24.0 Å². The third-order valence-corrected chi connectivity index (χ3v) is 6.04. The summed E-state index contributed by atoms with van der Waals surface area (Å²) >= 11 is 0. The van der Waals surface area contributed by atoms with E-state index in [1.807, 2.05) is 0 Å². The minimum atomic E-state index is -0.123. The molecule has 0 bridgehead atoms. The van der Waals surface area contributed by atoms with E-state index in [4.69, 9.17) is 4.99 Å². The SMILES string of the molecule is CCNC(=NCc1ccccc1CN1CCCC(C)C1)NC1CCC(O)CC1.I. The molecule has 1 atom stereocenters. The molecule has 1 heterocycles. The third kappa shape index (κ3) is 8.06. The first kappa shape index (κ1) is 24.4. The zero-order valence-corrected chi connectivity index (χ0v) is 20.4. The minimum absolute atomic E-state index is 0. The van der Waals surface area contributed by atoms with Gasteiger partial charge >= 0.3 is 0 Å². The standard InChI is InChI=1S/C23H38N4O.HI/c1-3-24-23(26-21-10-12-22(28)13-11-21)25-15-19-8-4-5-9-20(19)17-27-14-6-7-18(2)16-27;/h4-5,8-9,18,21-22,28H,3,6-7,10-17H2,1-2H3,(H2,24,25,26);1H. The number of aliphatic hydroxyl groups is 1. The van der Waals surface area contributed by atoms with Crippen LogP contribution in [0.4, 0.5) is 0 Å². The van der Waals surface area contributed by atoms with Crippen molar-refractivity contribution in [3.05, 3.63) is 35.4 Å². The van der Waals surface area contributed by atoms with Crippen molar-refractivity contribution in [1.82, 2.24) is 15.5 Å². The molecule has 0 spiro atoms. The van der Waals surface area contributed by atoms with E-state index in [9.17, 15) is 5.11 Å². The number of guanidine groups is 1. The van der Waals surface area contributed by atoms with Gasteiger partial charge in [-0.05, 0) is 69.0 Å². The van der Waals surface area contributed by atoms with Gasteiger partial charge in [-0.1, -0.05) is 31.2 Å². The van der Waals surface area contributed by atoms with Gasteiger partial charge < -0.3 is 15.7 Å². The Balaban J connectivity index is 0.00000300. The zero-order chi connectivity index (χ0) is 19.8. The van der Waals surface area contributed by atoms with E-state index < -0.39 is 0 Å². The maximum Gasteiger partial charge on any atom is 0.191 e. The lowest BCUT2D eigenvalue weighted by Crippen LogP contribution is -2.45. The molecular formula is C23H39IN4O. The number of nitrogens with one attached hydrogen (secondary N) is 2. The second-order valence-corrected chi connectivity index (χ2v) is 8.60. The highest BCUT2D eigenvalue weighted by molar-refractivity contribution is 14.0. The number of hydrogen-bond acceptors (Lipinski definition) is 3. The number of benzene rings is 1. The summed E-state index contributed by atoms with van der Waals surface area (Å²) in [4.78, 5) is 7.47. The van der Waals surface area contributed by atoms with E-state index in [0.717, 1.165) is 50.7 Å². The second-order valence-electron chi connectivity index (χ2n) is 8.60. The summed E-state index contributed by atoms with van der Waals surface area (Å²) in [5.41, 5.74) is 2.72. The van der Waals surface area contributed by atoms with E-state index in [1.165, 1.54) is 37.1 Å². The van der Waals surface area contributed by atoms with Crippen LogP contribution in [0, 0.1) is 5.92 Å². The van der Waals surface area contributed by atoms with Crippen LogP contribution in [0.2, 0.25) is 0 Å². The number of hydrogen-bond donors (Lipinski definition) is 3. The molecule has 1 aromatic carbocycles. The van der Waals surface area contributed by atoms with Gasteiger partial charge in [0.1, 0.15) is 0 Å². The Kier molecular flexibility index (Phi) is 10.7. The molecule has 5 nitrogen and oxygen atoms in total. The summed E-state index contributed by atoms with van der Waals surface area (Å²) in [6.45, 7) is 9.46. The number of aliphatic hydroxyl groups excluding tert-OH is 1. The lowest BCUT2D eigenvalue weighted by Gasteiger charge is -2.31. The molecule has 1 saturated heterocycles. The van der Waals surface area contributed by atoms with Crippen molar-refractivity contribution in [3.8, 4) is 0 Å². The van der Waals surface area contributed by atoms with Crippen LogP contribution in [0.3, 0.4) is 0 Å². The van der Waals surface area contributed by atoms with Crippen molar-refractivity contribution in [2.45, 2.75) is 77.6 Å². The summed E-state index contributed by atoms with van der Waals surface area (Å²) in [5.74, 6) is 1.70. The van der Waals surface area contributed by atoms with Gasteiger partial charge in [0.05, 0.1) is 12.6 Å². The lowest BCUT2D eigenvalue weighted by molar-refractivity contribution is 0.120. The summed E-state index contributed by atoms with van der Waals surface area (Å²) in [5, 5.41) is 16.7. The van der Waals surface area contributed by atoms with Crippen LogP contribution in [0.1, 0.15) is 63.5 Å². The molecule has 0 amide bonds. The van der Waals surface area contributed by atoms with Crippen molar-refractivity contribution in [2.24, 2.45) is 10.9 Å². The molecule has 1 saturated carbocycles. The predicted molar refractivity (Wildman–Crippen MR) is 132 cm³/mol. The number of piperidine rings is 1. The molecule has 3 N–H and O–H groups in total. The van der Waals surface area contributed by atoms with Crippen LogP contribution in [0.25, 0.3) is 0 Å². The highest BCUT2D eigenvalue weighted by atomic mass is 127. The molecule has 0 aromatic heterocycles. The van der Waals surface area contributed by atoms with Crippen LogP contribution < -0.4 is 10.6 Å². The molecule has 1 aromatic rings. The maximum absolute atomic E-state index is 9.72. The van der Waals surface area contributed by atoms with Gasteiger partial charge in [0.2, 0.25) is 0 Å². The molecule has 1 aliphatic heterocycles. The minimum Gasteiger partial charge on any atom is -0.393 e. The van der Waals surface area contributed by atoms with E-state index in [2.05, 4.69) is 53.6 Å². The number of rotatable bonds is 6. The van der Waals surface area contributed by atoms with E-state index in [-0.39, 0.29) is 30.1 Å². The Labute approximate surface area is 193 Å². The first-order valence-electron chi connectivity index (χ1n) is 11.2. The molecule has 164 valence electrons. The van der Waals surface area contributed by atoms with Crippen molar-refractivity contribution in [2.75, 3.05) is 19.6 Å². The monoisotopic (exact) mass is 514 g/mol. The third-order valence-electron chi connectivity index (χ3n) is 6.04. The molecule has 2 aliphatic rings. The Morgan fingerprint density at radius 3 is 2.55 bits per heavy atom. The average Bonchev–Trinajstić information content (AvgIpc) is 2.69. The summed E-state index contributed by atoms with van der Waals surface area (Å²) in [6.07, 6.45) is 6.33. The Bertz CT molecular complexity index is 631. The molecule has 1 aliphatic carbocycles. The van der Waals surface area contributed by atoms with Crippen molar-refractivity contribution in [3.63, 3.8) is 0 Å². The summed E-state index contributed by atoms with van der Waals surface area (Å²) < 4.78 is 0. The largest absolute Gasteiger partial charge is 0.393 e. The number of likely N-dealkylation sites (tertiary alicyclic amines) is 1. The van der Waals surface area contributed by atoms with Crippen LogP contribution in [0.5, 0.6) is 0 Å². The first-order valence-corrected chi connectivity index (χ1v) is 11.2. The predicted octanol–water partition coefficient (Wildman–Crippen LogP) is 3.90. The molecule has 29 heavy (non-hydrogen) atoms. The van der Waals surface area contributed by atoms with E-state index in [1.54, 1.807) is 0 Å². The lowest BCUT2D eigenvalue weighted by atomic mass is 9.93. The molecule has 6 heteroatoms. The first-order chi connectivity index (χ1) is 13.6. The van der Waals surface area contributed by atoms with Crippen LogP contribution in [-0.2, 0) is 13.1 Å². The van der Waals surface area contributed by atoms with Gasteiger partial charge in [-0.3, -0.25) is 4.90 Å². The van der Waals surface area contributed by atoms with Gasteiger partial charge in [-0.25, -0.2) is 4.99 Å². The van der Waals surface area contributed by atoms with Gasteiger partial charge in [0.25, 0.3) is 0 Å². The van der Waals surface area contributed by atoms with E-state index >= 15 is 0 Å². The molecule has 1 unspecified atom stereocenters.